The molecule has 5 rings (SSSR count). The summed E-state index contributed by atoms with van der Waals surface area (Å²) in [6.45, 7) is 18.9. The molecule has 0 saturated heterocycles. The van der Waals surface area contributed by atoms with Gasteiger partial charge >= 0.3 is 11.9 Å². The largest absolute Gasteiger partial charge is 0.460 e. The number of para-hydroxylation sites is 1. The molecule has 0 aromatic heterocycles. The highest BCUT2D eigenvalue weighted by Crippen LogP contribution is 2.68. The van der Waals surface area contributed by atoms with Crippen molar-refractivity contribution in [2.75, 3.05) is 0 Å². The number of allylic oxidation sites excluding steroid dienone is 4. The number of carbonyl (C=O) groups is 2. The van der Waals surface area contributed by atoms with E-state index in [-0.39, 0.29) is 28.9 Å². The van der Waals surface area contributed by atoms with Crippen molar-refractivity contribution < 1.29 is 19.1 Å². The van der Waals surface area contributed by atoms with Gasteiger partial charge < -0.3 is 9.47 Å². The Hall–Kier alpha value is -2.36. The van der Waals surface area contributed by atoms with E-state index in [4.69, 9.17) is 9.47 Å². The molecule has 4 nitrogen and oxygen atoms in total. The summed E-state index contributed by atoms with van der Waals surface area (Å²) >= 11 is 0. The number of hydrogen-bond acceptors (Lipinski definition) is 4. The fourth-order valence-corrected chi connectivity index (χ4v) is 9.20. The van der Waals surface area contributed by atoms with E-state index < -0.39 is 5.41 Å². The molecule has 4 aliphatic rings. The Morgan fingerprint density at radius 2 is 1.51 bits per heavy atom. The lowest BCUT2D eigenvalue weighted by molar-refractivity contribution is -0.172. The van der Waals surface area contributed by atoms with Gasteiger partial charge in [-0.25, -0.2) is 0 Å². The molecule has 10 unspecified atom stereocenters. The summed E-state index contributed by atoms with van der Waals surface area (Å²) in [5.41, 5.74) is -1.04. The van der Waals surface area contributed by atoms with Crippen LogP contribution in [0.5, 0.6) is 5.75 Å². The second kappa shape index (κ2) is 12.1. The molecular weight excluding hydrogens is 508 g/mol. The van der Waals surface area contributed by atoms with Gasteiger partial charge in [0.15, 0.2) is 0 Å². The minimum atomic E-state index is -0.401. The molecule has 1 aromatic rings. The van der Waals surface area contributed by atoms with Gasteiger partial charge in [-0.15, -0.1) is 0 Å². The van der Waals surface area contributed by atoms with Crippen LogP contribution in [0.25, 0.3) is 0 Å². The summed E-state index contributed by atoms with van der Waals surface area (Å²) in [5, 5.41) is 0. The Labute approximate surface area is 249 Å². The first-order valence-electron chi connectivity index (χ1n) is 16.0. The number of carbonyl (C=O) groups excluding carboxylic acids is 2. The van der Waals surface area contributed by atoms with Gasteiger partial charge in [0, 0.05) is 0 Å². The molecule has 0 heterocycles. The molecule has 4 fully saturated rings. The summed E-state index contributed by atoms with van der Waals surface area (Å²) in [6, 6.07) is 9.32. The van der Waals surface area contributed by atoms with Crippen LogP contribution in [0.2, 0.25) is 0 Å². The monoisotopic (exact) mass is 562 g/mol. The predicted molar refractivity (Wildman–Crippen MR) is 166 cm³/mol. The van der Waals surface area contributed by atoms with E-state index in [0.29, 0.717) is 29.4 Å². The number of esters is 2. The van der Waals surface area contributed by atoms with Crippen LogP contribution in [-0.4, -0.2) is 17.5 Å². The van der Waals surface area contributed by atoms with Crippen LogP contribution in [0.3, 0.4) is 0 Å². The van der Waals surface area contributed by atoms with Crippen molar-refractivity contribution in [1.29, 1.82) is 0 Å². The first-order chi connectivity index (χ1) is 19.2. The van der Waals surface area contributed by atoms with Gasteiger partial charge in [0.25, 0.3) is 0 Å². The van der Waals surface area contributed by atoms with Crippen LogP contribution < -0.4 is 4.74 Å². The van der Waals surface area contributed by atoms with E-state index in [0.717, 1.165) is 37.0 Å². The molecule has 0 radical (unpaired) electrons. The molecule has 0 N–H and O–H groups in total. The molecule has 1 aromatic carbocycles. The van der Waals surface area contributed by atoms with E-state index in [9.17, 15) is 9.59 Å². The molecule has 4 heteroatoms. The topological polar surface area (TPSA) is 52.6 Å². The zero-order chi connectivity index (χ0) is 30.2. The fourth-order valence-electron chi connectivity index (χ4n) is 9.20. The summed E-state index contributed by atoms with van der Waals surface area (Å²) in [4.78, 5) is 25.4. The van der Waals surface area contributed by atoms with Gasteiger partial charge in [-0.1, -0.05) is 56.4 Å². The molecular formula is C37H54O4. The lowest BCUT2D eigenvalue weighted by Gasteiger charge is -2.41. The fraction of sp³-hybridized carbons (Fsp3) is 0.676. The van der Waals surface area contributed by atoms with E-state index in [2.05, 4.69) is 45.9 Å². The van der Waals surface area contributed by atoms with Crippen molar-refractivity contribution in [3.8, 4) is 5.75 Å². The van der Waals surface area contributed by atoms with Gasteiger partial charge in [-0.05, 0) is 140 Å². The third kappa shape index (κ3) is 6.37. The van der Waals surface area contributed by atoms with Gasteiger partial charge in [-0.2, -0.15) is 0 Å². The maximum atomic E-state index is 12.9. The normalized spacial score (nSPS) is 39.5. The Bertz CT molecular complexity index is 1130. The predicted octanol–water partition coefficient (Wildman–Crippen LogP) is 9.06. The van der Waals surface area contributed by atoms with Gasteiger partial charge in [0.05, 0.1) is 10.8 Å². The summed E-state index contributed by atoms with van der Waals surface area (Å²) in [7, 11) is 0. The summed E-state index contributed by atoms with van der Waals surface area (Å²) < 4.78 is 11.3. The highest BCUT2D eigenvalue weighted by atomic mass is 16.6. The summed E-state index contributed by atoms with van der Waals surface area (Å²) in [6.07, 6.45) is 14.3. The average molecular weight is 563 g/mol. The number of fused-ring (bicyclic) bond motifs is 5. The van der Waals surface area contributed by atoms with Crippen LogP contribution in [0.4, 0.5) is 0 Å². The molecule has 10 atom stereocenters. The Kier molecular flexibility index (Phi) is 9.31. The maximum Gasteiger partial charge on any atom is 0.317 e. The van der Waals surface area contributed by atoms with Crippen LogP contribution in [-0.2, 0) is 14.3 Å². The number of rotatable bonds is 5. The Morgan fingerprint density at radius 1 is 0.854 bits per heavy atom. The molecule has 0 aliphatic heterocycles. The standard InChI is InChI=1S/C20H32O2.C17H22O2/c1-7-8-13-9-12(2)16-14-10-15(17(13)16)20(6,11-14)18(21)22-19(3,4)5;1-4-8-14-11-13(2)12-17(14,3)16(18)19-15-9-6-5-7-10-15/h7-8,12-17H,9-11H2,1-6H3;4-10,13-14H,11-12H2,1-3H3/b8-7+;8-4+. The van der Waals surface area contributed by atoms with Gasteiger partial charge in [0.1, 0.15) is 11.4 Å². The lowest BCUT2D eigenvalue weighted by Crippen LogP contribution is -2.44. The van der Waals surface area contributed by atoms with Crippen LogP contribution in [0.15, 0.2) is 54.6 Å². The number of ether oxygens (including phenoxy) is 2. The van der Waals surface area contributed by atoms with E-state index >= 15 is 0 Å². The van der Waals surface area contributed by atoms with Crippen LogP contribution in [0.1, 0.15) is 94.4 Å². The molecule has 41 heavy (non-hydrogen) atoms. The molecule has 4 saturated carbocycles. The van der Waals surface area contributed by atoms with Crippen molar-refractivity contribution in [1.82, 2.24) is 0 Å². The van der Waals surface area contributed by atoms with Crippen molar-refractivity contribution in [2.24, 2.45) is 58.2 Å². The SMILES string of the molecule is C/C=C/C1CC(C)C2C3CC(C12)C(C)(C(=O)OC(C)(C)C)C3.C/C=C/C1CC(C)CC1(C)C(=O)Oc1ccccc1. The minimum Gasteiger partial charge on any atom is -0.460 e. The molecule has 226 valence electrons. The average Bonchev–Trinajstić information content (AvgIpc) is 3.60. The molecule has 0 amide bonds. The maximum absolute atomic E-state index is 12.9. The first-order valence-corrected chi connectivity index (χ1v) is 16.0. The smallest absolute Gasteiger partial charge is 0.317 e. The molecule has 0 spiro atoms. The quantitative estimate of drug-likeness (QED) is 0.204. The highest BCUT2D eigenvalue weighted by molar-refractivity contribution is 5.80. The Balaban J connectivity index is 0.000000191. The lowest BCUT2D eigenvalue weighted by atomic mass is 9.64. The third-order valence-corrected chi connectivity index (χ3v) is 10.7. The summed E-state index contributed by atoms with van der Waals surface area (Å²) in [5.74, 6) is 5.68. The van der Waals surface area contributed by atoms with E-state index in [1.54, 1.807) is 0 Å². The molecule has 2 bridgehead atoms. The zero-order valence-electron chi connectivity index (χ0n) is 27.0. The van der Waals surface area contributed by atoms with Crippen molar-refractivity contribution >= 4 is 11.9 Å². The second-order valence-electron chi connectivity index (χ2n) is 15.1. The zero-order valence-corrected chi connectivity index (χ0v) is 27.0. The highest BCUT2D eigenvalue weighted by Gasteiger charge is 2.65. The van der Waals surface area contributed by atoms with Crippen molar-refractivity contribution in [3.05, 3.63) is 54.6 Å². The Morgan fingerprint density at radius 3 is 2.12 bits per heavy atom. The second-order valence-corrected chi connectivity index (χ2v) is 15.1. The number of benzene rings is 1. The van der Waals surface area contributed by atoms with Gasteiger partial charge in [-0.3, -0.25) is 9.59 Å². The first kappa shape index (κ1) is 31.6. The molecule has 4 aliphatic carbocycles. The number of hydrogen-bond donors (Lipinski definition) is 0. The van der Waals surface area contributed by atoms with Crippen LogP contribution in [0, 0.1) is 58.2 Å². The minimum absolute atomic E-state index is 0.0460. The van der Waals surface area contributed by atoms with Crippen LogP contribution >= 0.6 is 0 Å². The third-order valence-electron chi connectivity index (χ3n) is 10.7. The van der Waals surface area contributed by atoms with Gasteiger partial charge in [0.2, 0.25) is 0 Å². The van der Waals surface area contributed by atoms with E-state index in [1.807, 2.05) is 71.0 Å². The van der Waals surface area contributed by atoms with Crippen molar-refractivity contribution in [3.63, 3.8) is 0 Å². The van der Waals surface area contributed by atoms with E-state index in [1.165, 1.54) is 12.8 Å². The van der Waals surface area contributed by atoms with Crippen molar-refractivity contribution in [2.45, 2.75) is 100 Å².